The second-order valence-corrected chi connectivity index (χ2v) is 7.83. The zero-order valence-corrected chi connectivity index (χ0v) is 17.3. The van der Waals surface area contributed by atoms with Crippen LogP contribution in [0.1, 0.15) is 24.1 Å². The zero-order valence-electron chi connectivity index (χ0n) is 16.5. The van der Waals surface area contributed by atoms with E-state index >= 15 is 0 Å². The number of thiazole rings is 1. The molecule has 4 aromatic rings. The largest absolute Gasteiger partial charge is 0.311 e. The van der Waals surface area contributed by atoms with Crippen molar-refractivity contribution in [3.63, 3.8) is 0 Å². The Balaban J connectivity index is 1.43. The van der Waals surface area contributed by atoms with Gasteiger partial charge in [-0.1, -0.05) is 30.3 Å². The molecule has 2 aromatic heterocycles. The predicted molar refractivity (Wildman–Crippen MR) is 117 cm³/mol. The van der Waals surface area contributed by atoms with Gasteiger partial charge in [0.15, 0.2) is 0 Å². The average Bonchev–Trinajstić information content (AvgIpc) is 3.36. The fourth-order valence-corrected chi connectivity index (χ4v) is 3.95. The van der Waals surface area contributed by atoms with Crippen molar-refractivity contribution < 1.29 is 9.18 Å². The van der Waals surface area contributed by atoms with Crippen LogP contribution in [-0.2, 0) is 11.2 Å². The third-order valence-electron chi connectivity index (χ3n) is 4.62. The van der Waals surface area contributed by atoms with Gasteiger partial charge in [-0.05, 0) is 49.6 Å². The molecular weight excluding hydrogens is 399 g/mol. The molecule has 4 rings (SSSR count). The summed E-state index contributed by atoms with van der Waals surface area (Å²) in [5.74, 6) is 0.258. The lowest BCUT2D eigenvalue weighted by molar-refractivity contribution is -0.116. The van der Waals surface area contributed by atoms with E-state index in [2.05, 4.69) is 27.5 Å². The van der Waals surface area contributed by atoms with Crippen molar-refractivity contribution in [2.24, 2.45) is 0 Å². The summed E-state index contributed by atoms with van der Waals surface area (Å²) >= 11 is 1.42. The molecule has 0 fully saturated rings. The van der Waals surface area contributed by atoms with Gasteiger partial charge in [-0.15, -0.1) is 11.3 Å². The van der Waals surface area contributed by atoms with Gasteiger partial charge in [0.1, 0.15) is 11.6 Å². The molecule has 0 spiro atoms. The number of hydrogen-bond donors (Lipinski definition) is 1. The van der Waals surface area contributed by atoms with Crippen molar-refractivity contribution in [2.45, 2.75) is 26.2 Å². The maximum absolute atomic E-state index is 13.2. The van der Waals surface area contributed by atoms with Crippen LogP contribution in [0.15, 0.2) is 66.0 Å². The normalized spacial score (nSPS) is 10.9. The van der Waals surface area contributed by atoms with E-state index in [1.807, 2.05) is 36.6 Å². The van der Waals surface area contributed by atoms with E-state index in [-0.39, 0.29) is 11.7 Å². The number of rotatable bonds is 7. The molecule has 2 heterocycles. The molecule has 30 heavy (non-hydrogen) atoms. The van der Waals surface area contributed by atoms with Crippen LogP contribution in [-0.4, -0.2) is 20.7 Å². The summed E-state index contributed by atoms with van der Waals surface area (Å²) in [5.41, 5.74) is 3.58. The van der Waals surface area contributed by atoms with E-state index in [9.17, 15) is 9.18 Å². The van der Waals surface area contributed by atoms with E-state index in [0.717, 1.165) is 29.8 Å². The Labute approximate surface area is 178 Å². The summed E-state index contributed by atoms with van der Waals surface area (Å²) in [4.78, 5) is 17.1. The van der Waals surface area contributed by atoms with E-state index in [0.29, 0.717) is 17.4 Å². The molecule has 152 valence electrons. The summed E-state index contributed by atoms with van der Waals surface area (Å²) in [7, 11) is 0. The number of nitrogens with zero attached hydrogens (tertiary/aromatic N) is 3. The first-order valence-corrected chi connectivity index (χ1v) is 10.6. The second kappa shape index (κ2) is 9.00. The van der Waals surface area contributed by atoms with Crippen molar-refractivity contribution in [3.8, 4) is 16.4 Å². The number of aromatic nitrogens is 3. The number of halogens is 1. The number of aryl methyl sites for hydroxylation is 2. The first kappa shape index (κ1) is 20.0. The summed E-state index contributed by atoms with van der Waals surface area (Å²) in [6.45, 7) is 1.87. The number of benzene rings is 2. The van der Waals surface area contributed by atoms with Crippen LogP contribution in [0.5, 0.6) is 0 Å². The minimum Gasteiger partial charge on any atom is -0.311 e. The van der Waals surface area contributed by atoms with E-state index in [1.54, 1.807) is 16.8 Å². The number of carbonyl (C=O) groups excluding carboxylic acids is 1. The molecule has 0 atom stereocenters. The lowest BCUT2D eigenvalue weighted by atomic mass is 10.1. The number of anilines is 1. The Bertz CT molecular complexity index is 1140. The third kappa shape index (κ3) is 4.80. The second-order valence-electron chi connectivity index (χ2n) is 6.99. The van der Waals surface area contributed by atoms with Crippen LogP contribution in [0.25, 0.3) is 16.4 Å². The van der Waals surface area contributed by atoms with Crippen LogP contribution in [0.2, 0.25) is 0 Å². The Morgan fingerprint density at radius 2 is 1.90 bits per heavy atom. The van der Waals surface area contributed by atoms with Gasteiger partial charge >= 0.3 is 0 Å². The van der Waals surface area contributed by atoms with Gasteiger partial charge in [0, 0.05) is 23.4 Å². The molecule has 7 heteroatoms. The lowest BCUT2D eigenvalue weighted by Crippen LogP contribution is -2.14. The molecule has 2 aromatic carbocycles. The third-order valence-corrected chi connectivity index (χ3v) is 5.44. The Morgan fingerprint density at radius 1 is 1.13 bits per heavy atom. The van der Waals surface area contributed by atoms with Crippen molar-refractivity contribution in [2.75, 3.05) is 5.32 Å². The maximum atomic E-state index is 13.2. The topological polar surface area (TPSA) is 59.8 Å². The van der Waals surface area contributed by atoms with Gasteiger partial charge < -0.3 is 5.32 Å². The van der Waals surface area contributed by atoms with Crippen LogP contribution in [0.3, 0.4) is 0 Å². The number of nitrogens with one attached hydrogen (secondary N) is 1. The number of carbonyl (C=O) groups is 1. The highest BCUT2D eigenvalue weighted by Gasteiger charge is 2.14. The summed E-state index contributed by atoms with van der Waals surface area (Å²) < 4.78 is 14.8. The number of amides is 1. The van der Waals surface area contributed by atoms with Gasteiger partial charge in [0.25, 0.3) is 0 Å². The highest BCUT2D eigenvalue weighted by Crippen LogP contribution is 2.26. The minimum absolute atomic E-state index is 0.0533. The van der Waals surface area contributed by atoms with E-state index in [4.69, 9.17) is 0 Å². The van der Waals surface area contributed by atoms with Gasteiger partial charge in [-0.25, -0.2) is 9.37 Å². The fraction of sp³-hybridized carbons (Fsp3) is 0.174. The lowest BCUT2D eigenvalue weighted by Gasteiger charge is -2.07. The first-order valence-electron chi connectivity index (χ1n) is 9.71. The van der Waals surface area contributed by atoms with Crippen LogP contribution < -0.4 is 5.32 Å². The van der Waals surface area contributed by atoms with Crippen molar-refractivity contribution >= 4 is 23.1 Å². The van der Waals surface area contributed by atoms with Gasteiger partial charge in [-0.3, -0.25) is 4.79 Å². The van der Waals surface area contributed by atoms with Gasteiger partial charge in [0.2, 0.25) is 11.0 Å². The molecule has 0 aliphatic carbocycles. The molecule has 0 radical (unpaired) electrons. The summed E-state index contributed by atoms with van der Waals surface area (Å²) in [5, 5.41) is 9.96. The Kier molecular flexibility index (Phi) is 5.99. The Hall–Kier alpha value is -3.32. The van der Waals surface area contributed by atoms with Crippen LogP contribution in [0, 0.1) is 12.7 Å². The molecule has 1 amide bonds. The highest BCUT2D eigenvalue weighted by molar-refractivity contribution is 7.12. The van der Waals surface area contributed by atoms with Crippen molar-refractivity contribution in [1.82, 2.24) is 14.8 Å². The maximum Gasteiger partial charge on any atom is 0.225 e. The molecule has 5 nitrogen and oxygen atoms in total. The van der Waals surface area contributed by atoms with E-state index < -0.39 is 0 Å². The van der Waals surface area contributed by atoms with Crippen LogP contribution in [0.4, 0.5) is 10.2 Å². The molecule has 0 unspecified atom stereocenters. The minimum atomic E-state index is -0.283. The molecule has 0 aliphatic heterocycles. The monoisotopic (exact) mass is 420 g/mol. The fourth-order valence-electron chi connectivity index (χ4n) is 3.15. The van der Waals surface area contributed by atoms with Gasteiger partial charge in [0.05, 0.1) is 11.4 Å². The van der Waals surface area contributed by atoms with Crippen LogP contribution >= 0.6 is 11.3 Å². The van der Waals surface area contributed by atoms with Gasteiger partial charge in [-0.2, -0.15) is 9.78 Å². The van der Waals surface area contributed by atoms with E-state index in [1.165, 1.54) is 29.0 Å². The standard InChI is InChI=1S/C23H21FN4OS/c1-16-14-21(26-22(29)9-5-8-17-6-3-2-4-7-17)28(27-16)23-25-20(15-30-23)18-10-12-19(24)13-11-18/h2-4,6-7,10-15H,5,8-9H2,1H3,(H,26,29). The molecule has 0 saturated heterocycles. The quantitative estimate of drug-likeness (QED) is 0.435. The average molecular weight is 421 g/mol. The molecule has 1 N–H and O–H groups in total. The predicted octanol–water partition coefficient (Wildman–Crippen LogP) is 5.40. The smallest absolute Gasteiger partial charge is 0.225 e. The SMILES string of the molecule is Cc1cc(NC(=O)CCCc2ccccc2)n(-c2nc(-c3ccc(F)cc3)cs2)n1. The van der Waals surface area contributed by atoms with Crippen molar-refractivity contribution in [3.05, 3.63) is 83.1 Å². The van der Waals surface area contributed by atoms with Crippen molar-refractivity contribution in [1.29, 1.82) is 0 Å². The zero-order chi connectivity index (χ0) is 20.9. The summed E-state index contributed by atoms with van der Waals surface area (Å²) in [6, 6.07) is 18.2. The summed E-state index contributed by atoms with van der Waals surface area (Å²) in [6.07, 6.45) is 2.06. The molecule has 0 bridgehead atoms. The first-order chi connectivity index (χ1) is 14.6. The molecular formula is C23H21FN4OS. The molecule has 0 saturated carbocycles. The number of hydrogen-bond acceptors (Lipinski definition) is 4. The molecule has 0 aliphatic rings. The highest BCUT2D eigenvalue weighted by atomic mass is 32.1. The Morgan fingerprint density at radius 3 is 2.67 bits per heavy atom.